The molecule has 0 bridgehead atoms. The molecule has 8 aliphatic rings. The van der Waals surface area contributed by atoms with Gasteiger partial charge in [0, 0.05) is 52.4 Å². The SMILES string of the molecule is COCC#CCSC(=O)[C@@]1(OC(=O)c2ccco2)[C@H](C)CC2C3C[C@H](F)C4=CC(=O)C=C[C@]4(C)[C@@]3(F)[C@@H](O)C[C@@]21C.C[C@@H]1CC2C3C[C@H](F)C4=CC(=O)C=C[C@]4(C)[C@@]3(F)[C@@H](O)C[C@]2(C)[C@@]1(OC(=O)c1ccco1)C(=O)S. The number of aliphatic hydroxyl groups excluding tert-OH is 2. The first-order valence-corrected chi connectivity index (χ1v) is 26.9. The molecular formula is C57H62F4O13S2. The molecule has 19 heteroatoms. The number of hydrogen-bond acceptors (Lipinski definition) is 14. The predicted octanol–water partition coefficient (Wildman–Crippen LogP) is 8.85. The van der Waals surface area contributed by atoms with Gasteiger partial charge in [-0.2, -0.15) is 0 Å². The lowest BCUT2D eigenvalue weighted by atomic mass is 9.44. The molecule has 18 atom stereocenters. The second-order valence-electron chi connectivity index (χ2n) is 22.9. The number of thiol groups is 1. The molecule has 13 nitrogen and oxygen atoms in total. The summed E-state index contributed by atoms with van der Waals surface area (Å²) in [6.07, 6.45) is 3.15. The van der Waals surface area contributed by atoms with E-state index in [1.54, 1.807) is 27.7 Å². The van der Waals surface area contributed by atoms with Gasteiger partial charge >= 0.3 is 11.9 Å². The summed E-state index contributed by atoms with van der Waals surface area (Å²) in [6, 6.07) is 5.86. The summed E-state index contributed by atoms with van der Waals surface area (Å²) < 4.78 is 93.5. The van der Waals surface area contributed by atoms with Crippen LogP contribution in [0.5, 0.6) is 0 Å². The molecule has 0 amide bonds. The van der Waals surface area contributed by atoms with Crippen LogP contribution in [-0.2, 0) is 33.4 Å². The zero-order chi connectivity index (χ0) is 55.3. The van der Waals surface area contributed by atoms with E-state index in [4.69, 9.17) is 23.0 Å². The van der Waals surface area contributed by atoms with Gasteiger partial charge in [0.1, 0.15) is 19.0 Å². The molecule has 8 aliphatic carbocycles. The standard InChI is InChI=1S/C31H34F2O7S.C26H28F2O6S/c1-18-14-20-21-16-23(32)22-15-19(34)9-10-28(22,2)30(21,33)25(35)17-29(20,3)31(18,27(37)41-13-6-5-11-38-4)40-26(36)24-8-7-12-39-24;1-13-9-15-16-11-18(27)17-10-14(29)6-7-23(17,2)25(16,28)20(30)12-24(15,3)26(13,22(32)35)34-21(31)19-5-4-8-33-19/h7-10,12,15,18,20-21,23,25,35H,11,13-14,16-17H2,1-4H3;4-8,10,13,15-16,18,20,30H,9,11-12H2,1-3H3,(H,32,35)/t18-,20?,21?,23+,25+,28+,29+,30+,31+;13-,15?,16?,18+,20+,23+,24+,25+,26+/m11/s1. The maximum atomic E-state index is 17.6. The summed E-state index contributed by atoms with van der Waals surface area (Å²) in [4.78, 5) is 77.6. The number of furan rings is 2. The Morgan fingerprint density at radius 1 is 0.711 bits per heavy atom. The van der Waals surface area contributed by atoms with E-state index >= 15 is 17.6 Å². The number of aliphatic hydroxyl groups is 2. The van der Waals surface area contributed by atoms with Gasteiger partial charge in [0.05, 0.1) is 30.5 Å². The van der Waals surface area contributed by atoms with Crippen molar-refractivity contribution >= 4 is 58.1 Å². The number of halogens is 4. The van der Waals surface area contributed by atoms with Crippen molar-refractivity contribution in [2.45, 2.75) is 127 Å². The molecule has 0 spiro atoms. The molecule has 0 radical (unpaired) electrons. The van der Waals surface area contributed by atoms with Crippen LogP contribution in [0.1, 0.15) is 101 Å². The minimum atomic E-state index is -2.31. The number of carbonyl (C=O) groups is 6. The van der Waals surface area contributed by atoms with Gasteiger partial charge in [0.2, 0.25) is 21.8 Å². The first kappa shape index (κ1) is 55.7. The van der Waals surface area contributed by atoms with Crippen molar-refractivity contribution in [3.8, 4) is 11.8 Å². The Bertz CT molecular complexity index is 2910. The topological polar surface area (TPSA) is 197 Å². The second-order valence-corrected chi connectivity index (χ2v) is 24.2. The van der Waals surface area contributed by atoms with Gasteiger partial charge in [-0.05, 0) is 124 Å². The van der Waals surface area contributed by atoms with Crippen LogP contribution < -0.4 is 0 Å². The Morgan fingerprint density at radius 2 is 1.14 bits per heavy atom. The molecule has 0 saturated heterocycles. The van der Waals surface area contributed by atoms with E-state index < -0.39 is 138 Å². The van der Waals surface area contributed by atoms with Crippen LogP contribution in [0.15, 0.2) is 93.2 Å². The molecule has 4 unspecified atom stereocenters. The fourth-order valence-electron chi connectivity index (χ4n) is 16.0. The summed E-state index contributed by atoms with van der Waals surface area (Å²) in [6.45, 7) is 10.1. The van der Waals surface area contributed by atoms with Crippen LogP contribution in [0, 0.1) is 69.0 Å². The minimum absolute atomic E-state index is 0.0224. The zero-order valence-electron chi connectivity index (χ0n) is 43.1. The monoisotopic (exact) mass is 1090 g/mol. The lowest BCUT2D eigenvalue weighted by Crippen LogP contribution is -2.70. The van der Waals surface area contributed by atoms with Crippen LogP contribution in [0.25, 0.3) is 0 Å². The van der Waals surface area contributed by atoms with E-state index in [9.17, 15) is 39.0 Å². The molecule has 2 heterocycles. The fraction of sp³-hybridized carbons (Fsp3) is 0.579. The van der Waals surface area contributed by atoms with Crippen molar-refractivity contribution < 1.29 is 79.6 Å². The van der Waals surface area contributed by atoms with Gasteiger partial charge < -0.3 is 33.3 Å². The predicted molar refractivity (Wildman–Crippen MR) is 271 cm³/mol. The highest BCUT2D eigenvalue weighted by atomic mass is 32.2. The first-order valence-electron chi connectivity index (χ1n) is 25.5. The summed E-state index contributed by atoms with van der Waals surface area (Å²) in [5.41, 5.74) is -13.7. The van der Waals surface area contributed by atoms with Gasteiger partial charge in [-0.3, -0.25) is 19.2 Å². The summed E-state index contributed by atoms with van der Waals surface area (Å²) in [5.74, 6) is -1.43. The third kappa shape index (κ3) is 7.67. The van der Waals surface area contributed by atoms with Crippen molar-refractivity contribution in [2.24, 2.45) is 57.2 Å². The Hall–Kier alpha value is -5.00. The number of fused-ring (bicyclic) bond motifs is 10. The molecule has 10 rings (SSSR count). The van der Waals surface area contributed by atoms with E-state index in [0.29, 0.717) is 0 Å². The smallest absolute Gasteiger partial charge is 0.375 e. The molecule has 76 heavy (non-hydrogen) atoms. The van der Waals surface area contributed by atoms with E-state index in [0.717, 1.165) is 23.9 Å². The Morgan fingerprint density at radius 3 is 1.57 bits per heavy atom. The van der Waals surface area contributed by atoms with Crippen LogP contribution >= 0.6 is 24.4 Å². The third-order valence-corrected chi connectivity index (χ3v) is 20.7. The highest BCUT2D eigenvalue weighted by molar-refractivity contribution is 8.14. The van der Waals surface area contributed by atoms with E-state index in [1.807, 2.05) is 0 Å². The van der Waals surface area contributed by atoms with Gasteiger partial charge in [0.15, 0.2) is 34.1 Å². The lowest BCUT2D eigenvalue weighted by molar-refractivity contribution is -0.221. The Kier molecular flexibility index (Phi) is 14.2. The van der Waals surface area contributed by atoms with Gasteiger partial charge in [-0.25, -0.2) is 27.2 Å². The van der Waals surface area contributed by atoms with E-state index in [1.165, 1.54) is 82.1 Å². The number of carbonyl (C=O) groups excluding carboxylic acids is 6. The average molecular weight is 1100 g/mol. The summed E-state index contributed by atoms with van der Waals surface area (Å²) in [7, 11) is 1.50. The second kappa shape index (κ2) is 19.4. The summed E-state index contributed by atoms with van der Waals surface area (Å²) >= 11 is 5.00. The van der Waals surface area contributed by atoms with Crippen LogP contribution in [-0.4, -0.2) is 111 Å². The fourth-order valence-corrected chi connectivity index (χ4v) is 17.5. The van der Waals surface area contributed by atoms with Gasteiger partial charge in [0.25, 0.3) is 0 Å². The number of esters is 2. The van der Waals surface area contributed by atoms with Crippen molar-refractivity contribution in [1.82, 2.24) is 0 Å². The molecule has 0 aliphatic heterocycles. The van der Waals surface area contributed by atoms with Crippen LogP contribution in [0.2, 0.25) is 0 Å². The molecule has 2 aromatic rings. The highest BCUT2D eigenvalue weighted by Gasteiger charge is 2.80. The lowest BCUT2D eigenvalue weighted by Gasteiger charge is -2.63. The van der Waals surface area contributed by atoms with Gasteiger partial charge in [-0.1, -0.05) is 63.4 Å². The number of rotatable bonds is 8. The van der Waals surface area contributed by atoms with Crippen molar-refractivity contribution in [3.63, 3.8) is 0 Å². The summed E-state index contributed by atoms with van der Waals surface area (Å²) in [5, 5.41) is 21.9. The van der Waals surface area contributed by atoms with E-state index in [-0.39, 0.29) is 73.6 Å². The maximum absolute atomic E-state index is 17.6. The largest absolute Gasteiger partial charge is 0.457 e. The maximum Gasteiger partial charge on any atom is 0.375 e. The third-order valence-electron chi connectivity index (χ3n) is 19.5. The number of methoxy groups -OCH3 is 1. The normalized spacial score (nSPS) is 43.4. The molecule has 408 valence electrons. The Balaban J connectivity index is 0.000000188. The average Bonchev–Trinajstić information content (AvgIpc) is 4.25. The number of hydrogen-bond donors (Lipinski definition) is 3. The number of allylic oxidation sites excluding steroid dienone is 8. The van der Waals surface area contributed by atoms with Crippen molar-refractivity contribution in [3.05, 3.63) is 95.9 Å². The molecule has 6 saturated carbocycles. The molecular weight excluding hydrogens is 1030 g/mol. The van der Waals surface area contributed by atoms with Crippen LogP contribution in [0.3, 0.4) is 0 Å². The number of alkyl halides is 4. The molecule has 2 aromatic heterocycles. The number of ether oxygens (including phenoxy) is 3. The van der Waals surface area contributed by atoms with Crippen molar-refractivity contribution in [1.29, 1.82) is 0 Å². The Labute approximate surface area is 447 Å². The zero-order valence-corrected chi connectivity index (χ0v) is 44.8. The number of ketones is 2. The minimum Gasteiger partial charge on any atom is -0.457 e. The quantitative estimate of drug-likeness (QED) is 0.0981. The molecule has 0 aromatic carbocycles. The molecule has 6 fully saturated rings. The highest BCUT2D eigenvalue weighted by Crippen LogP contribution is 2.74. The van der Waals surface area contributed by atoms with Gasteiger partial charge in [-0.15, -0.1) is 12.6 Å². The van der Waals surface area contributed by atoms with E-state index in [2.05, 4.69) is 24.5 Å². The van der Waals surface area contributed by atoms with Crippen LogP contribution in [0.4, 0.5) is 17.6 Å². The van der Waals surface area contributed by atoms with Crippen molar-refractivity contribution in [2.75, 3.05) is 19.5 Å². The number of thioether (sulfide) groups is 1. The first-order chi connectivity index (χ1) is 35.7. The molecule has 2 N–H and O–H groups in total.